The van der Waals surface area contributed by atoms with Gasteiger partial charge < -0.3 is 14.2 Å². The Hall–Kier alpha value is -4.71. The molecule has 6 heteroatoms. The van der Waals surface area contributed by atoms with E-state index in [9.17, 15) is 14.4 Å². The van der Waals surface area contributed by atoms with Gasteiger partial charge in [0, 0.05) is 19.3 Å². The molecule has 69 heavy (non-hydrogen) atoms. The van der Waals surface area contributed by atoms with E-state index >= 15 is 0 Å². The molecule has 0 rings (SSSR count). The standard InChI is InChI=1S/C63H98O6/c1-4-7-10-13-16-19-22-25-27-29-31-33-35-38-41-44-47-50-53-56-62(65)68-59-60(58-67-61(64)55-52-49-46-43-40-37-24-21-18-15-12-9-6-3)69-63(66)57-54-51-48-45-42-39-36-34-32-30-28-26-23-20-17-14-11-8-5-2/h7-12,15-21,24-28,31,33,37-38,40-41,60H,4-6,13-14,22-23,29-30,32,34-36,39,42-59H2,1-3H3/b10-7-,11-8-,12-9-,18-15-,19-16-,20-17-,24-21-,27-25-,28-26-,33-31-,40-37-,41-38-. The monoisotopic (exact) mass is 951 g/mol. The Morgan fingerprint density at radius 3 is 1.00 bits per heavy atom. The highest BCUT2D eigenvalue weighted by Crippen LogP contribution is 2.14. The van der Waals surface area contributed by atoms with Crippen molar-refractivity contribution < 1.29 is 28.6 Å². The maximum absolute atomic E-state index is 12.8. The second kappa shape index (κ2) is 55.9. The fourth-order valence-electron chi connectivity index (χ4n) is 6.90. The maximum atomic E-state index is 12.8. The summed E-state index contributed by atoms with van der Waals surface area (Å²) in [6.07, 6.45) is 79.8. The third kappa shape index (κ3) is 54.1. The molecular formula is C63H98O6. The molecule has 0 aliphatic rings. The Morgan fingerprint density at radius 1 is 0.304 bits per heavy atom. The van der Waals surface area contributed by atoms with Crippen LogP contribution in [0.15, 0.2) is 146 Å². The quantitative estimate of drug-likeness (QED) is 0.0199. The molecular weight excluding hydrogens is 853 g/mol. The van der Waals surface area contributed by atoms with Crippen molar-refractivity contribution in [2.45, 2.75) is 219 Å². The number of carbonyl (C=O) groups is 3. The van der Waals surface area contributed by atoms with E-state index in [0.29, 0.717) is 19.3 Å². The van der Waals surface area contributed by atoms with Crippen molar-refractivity contribution in [3.05, 3.63) is 146 Å². The van der Waals surface area contributed by atoms with Gasteiger partial charge in [-0.2, -0.15) is 0 Å². The van der Waals surface area contributed by atoms with E-state index in [4.69, 9.17) is 14.2 Å². The Morgan fingerprint density at radius 2 is 0.594 bits per heavy atom. The highest BCUT2D eigenvalue weighted by Gasteiger charge is 2.19. The third-order valence-electron chi connectivity index (χ3n) is 10.9. The van der Waals surface area contributed by atoms with Crippen LogP contribution in [-0.4, -0.2) is 37.2 Å². The lowest BCUT2D eigenvalue weighted by molar-refractivity contribution is -0.167. The highest BCUT2D eigenvalue weighted by molar-refractivity contribution is 5.71. The van der Waals surface area contributed by atoms with Crippen LogP contribution in [0.3, 0.4) is 0 Å². The summed E-state index contributed by atoms with van der Waals surface area (Å²) >= 11 is 0. The molecule has 0 amide bonds. The van der Waals surface area contributed by atoms with Crippen molar-refractivity contribution in [2.75, 3.05) is 13.2 Å². The summed E-state index contributed by atoms with van der Waals surface area (Å²) in [7, 11) is 0. The summed E-state index contributed by atoms with van der Waals surface area (Å²) in [5.74, 6) is -0.999. The lowest BCUT2D eigenvalue weighted by atomic mass is 10.1. The van der Waals surface area contributed by atoms with Crippen molar-refractivity contribution in [3.8, 4) is 0 Å². The Balaban J connectivity index is 4.51. The van der Waals surface area contributed by atoms with Crippen LogP contribution in [0, 0.1) is 0 Å². The van der Waals surface area contributed by atoms with Crippen molar-refractivity contribution in [1.29, 1.82) is 0 Å². The van der Waals surface area contributed by atoms with Crippen LogP contribution in [0.25, 0.3) is 0 Å². The van der Waals surface area contributed by atoms with Gasteiger partial charge in [0.05, 0.1) is 0 Å². The van der Waals surface area contributed by atoms with Gasteiger partial charge in [0.1, 0.15) is 13.2 Å². The Labute approximate surface area is 423 Å². The molecule has 6 nitrogen and oxygen atoms in total. The van der Waals surface area contributed by atoms with Crippen LogP contribution in [0.1, 0.15) is 213 Å². The second-order valence-corrected chi connectivity index (χ2v) is 17.4. The third-order valence-corrected chi connectivity index (χ3v) is 10.9. The summed E-state index contributed by atoms with van der Waals surface area (Å²) in [4.78, 5) is 38.1. The zero-order valence-electron chi connectivity index (χ0n) is 44.0. The molecule has 0 saturated carbocycles. The molecule has 0 bridgehead atoms. The first-order chi connectivity index (χ1) is 34.0. The number of ether oxygens (including phenoxy) is 3. The molecule has 0 radical (unpaired) electrons. The Bertz CT molecular complexity index is 1560. The number of esters is 3. The van der Waals surface area contributed by atoms with Crippen molar-refractivity contribution in [2.24, 2.45) is 0 Å². The molecule has 1 unspecified atom stereocenters. The molecule has 0 aromatic rings. The number of allylic oxidation sites excluding steroid dienone is 24. The van der Waals surface area contributed by atoms with Crippen LogP contribution in [0.4, 0.5) is 0 Å². The predicted molar refractivity (Wildman–Crippen MR) is 297 cm³/mol. The smallest absolute Gasteiger partial charge is 0.306 e. The average molecular weight is 951 g/mol. The number of hydrogen-bond donors (Lipinski definition) is 0. The largest absolute Gasteiger partial charge is 0.462 e. The summed E-state index contributed by atoms with van der Waals surface area (Å²) in [6, 6.07) is 0. The molecule has 386 valence electrons. The van der Waals surface area contributed by atoms with Crippen molar-refractivity contribution >= 4 is 17.9 Å². The fraction of sp³-hybridized carbons (Fsp3) is 0.571. The normalized spacial score (nSPS) is 13.3. The van der Waals surface area contributed by atoms with Crippen LogP contribution in [0.5, 0.6) is 0 Å². The van der Waals surface area contributed by atoms with E-state index in [0.717, 1.165) is 135 Å². The zero-order valence-corrected chi connectivity index (χ0v) is 44.0. The number of hydrogen-bond acceptors (Lipinski definition) is 6. The number of carbonyl (C=O) groups excluding carboxylic acids is 3. The number of rotatable bonds is 47. The Kier molecular flexibility index (Phi) is 52.1. The van der Waals surface area contributed by atoms with E-state index in [1.54, 1.807) is 0 Å². The van der Waals surface area contributed by atoms with Gasteiger partial charge >= 0.3 is 17.9 Å². The lowest BCUT2D eigenvalue weighted by Crippen LogP contribution is -2.30. The molecule has 1 atom stereocenters. The molecule has 0 aromatic carbocycles. The van der Waals surface area contributed by atoms with Gasteiger partial charge in [-0.25, -0.2) is 0 Å². The zero-order chi connectivity index (χ0) is 50.0. The lowest BCUT2D eigenvalue weighted by Gasteiger charge is -2.18. The first-order valence-electron chi connectivity index (χ1n) is 27.4. The van der Waals surface area contributed by atoms with Crippen LogP contribution in [0.2, 0.25) is 0 Å². The fourth-order valence-corrected chi connectivity index (χ4v) is 6.90. The van der Waals surface area contributed by atoms with Gasteiger partial charge in [-0.1, -0.05) is 224 Å². The number of unbranched alkanes of at least 4 members (excludes halogenated alkanes) is 15. The molecule has 0 spiro atoms. The van der Waals surface area contributed by atoms with E-state index in [1.165, 1.54) is 38.5 Å². The molecule has 0 fully saturated rings. The van der Waals surface area contributed by atoms with Gasteiger partial charge in [-0.15, -0.1) is 0 Å². The summed E-state index contributed by atoms with van der Waals surface area (Å²) in [5.41, 5.74) is 0. The minimum Gasteiger partial charge on any atom is -0.462 e. The van der Waals surface area contributed by atoms with Crippen molar-refractivity contribution in [3.63, 3.8) is 0 Å². The second-order valence-electron chi connectivity index (χ2n) is 17.4. The van der Waals surface area contributed by atoms with Crippen molar-refractivity contribution in [1.82, 2.24) is 0 Å². The van der Waals surface area contributed by atoms with Gasteiger partial charge in [0.15, 0.2) is 6.10 Å². The van der Waals surface area contributed by atoms with Gasteiger partial charge in [-0.3, -0.25) is 14.4 Å². The summed E-state index contributed by atoms with van der Waals surface area (Å²) in [5, 5.41) is 0. The van der Waals surface area contributed by atoms with Crippen LogP contribution in [-0.2, 0) is 28.6 Å². The topological polar surface area (TPSA) is 78.9 Å². The van der Waals surface area contributed by atoms with E-state index < -0.39 is 6.10 Å². The summed E-state index contributed by atoms with van der Waals surface area (Å²) < 4.78 is 16.8. The molecule has 0 aliphatic heterocycles. The molecule has 0 aromatic heterocycles. The average Bonchev–Trinajstić information content (AvgIpc) is 3.35. The SMILES string of the molecule is CC\C=C/C=C\C=C/C=C\CCCCCC(=O)OCC(COC(=O)CCCCC/C=C\C/C=C\C/C=C\C/C=C\C/C=C\CC)OC(=O)CCCCCCCCCCC/C=C\C/C=C\C/C=C\CC. The molecule has 0 aliphatic carbocycles. The van der Waals surface area contributed by atoms with Crippen LogP contribution < -0.4 is 0 Å². The summed E-state index contributed by atoms with van der Waals surface area (Å²) in [6.45, 7) is 6.19. The highest BCUT2D eigenvalue weighted by atomic mass is 16.6. The first kappa shape index (κ1) is 64.3. The molecule has 0 N–H and O–H groups in total. The van der Waals surface area contributed by atoms with E-state index in [1.807, 2.05) is 36.5 Å². The molecule has 0 heterocycles. The minimum absolute atomic E-state index is 0.116. The predicted octanol–water partition coefficient (Wildman–Crippen LogP) is 18.4. The van der Waals surface area contributed by atoms with Gasteiger partial charge in [0.2, 0.25) is 0 Å². The molecule has 0 saturated heterocycles. The van der Waals surface area contributed by atoms with E-state index in [2.05, 4.69) is 130 Å². The van der Waals surface area contributed by atoms with Crippen LogP contribution >= 0.6 is 0 Å². The maximum Gasteiger partial charge on any atom is 0.306 e. The minimum atomic E-state index is -0.818. The van der Waals surface area contributed by atoms with Gasteiger partial charge in [0.25, 0.3) is 0 Å². The first-order valence-corrected chi connectivity index (χ1v) is 27.4. The van der Waals surface area contributed by atoms with E-state index in [-0.39, 0.29) is 31.1 Å². The van der Waals surface area contributed by atoms with Gasteiger partial charge in [-0.05, 0) is 116 Å².